The summed E-state index contributed by atoms with van der Waals surface area (Å²) in [7, 11) is 0. The van der Waals surface area contributed by atoms with Crippen LogP contribution in [-0.4, -0.2) is 39.4 Å². The number of amides is 1. The molecule has 0 unspecified atom stereocenters. The van der Waals surface area contributed by atoms with Crippen LogP contribution >= 0.6 is 0 Å². The van der Waals surface area contributed by atoms with Crippen LogP contribution in [0.1, 0.15) is 73.8 Å². The Balaban J connectivity index is 1.45. The number of carbonyl (C=O) groups excluding carboxylic acids is 1. The van der Waals surface area contributed by atoms with Crippen LogP contribution in [0.25, 0.3) is 0 Å². The molecular weight excluding hydrogens is 409 g/mol. The van der Waals surface area contributed by atoms with Gasteiger partial charge in [0.05, 0.1) is 12.3 Å². The Hall–Kier alpha value is -2.45. The predicted octanol–water partition coefficient (Wildman–Crippen LogP) is 5.18. The molecule has 9 heteroatoms. The van der Waals surface area contributed by atoms with Crippen LogP contribution in [0.5, 0.6) is 0 Å². The molecule has 1 saturated heterocycles. The van der Waals surface area contributed by atoms with Crippen LogP contribution in [0.2, 0.25) is 0 Å². The summed E-state index contributed by atoms with van der Waals surface area (Å²) < 4.78 is 47.8. The summed E-state index contributed by atoms with van der Waals surface area (Å²) in [5, 5.41) is 7.24. The van der Waals surface area contributed by atoms with Crippen molar-refractivity contribution in [3.05, 3.63) is 35.9 Å². The fourth-order valence-corrected chi connectivity index (χ4v) is 5.67. The first kappa shape index (κ1) is 20.5. The van der Waals surface area contributed by atoms with Crippen molar-refractivity contribution in [2.24, 2.45) is 11.8 Å². The first-order valence-electron chi connectivity index (χ1n) is 11.1. The van der Waals surface area contributed by atoms with Gasteiger partial charge in [-0.3, -0.25) is 4.79 Å². The molecular formula is C22H27F3N4O2. The third-order valence-corrected chi connectivity index (χ3v) is 7.29. The normalized spacial score (nSPS) is 31.0. The first-order chi connectivity index (χ1) is 14.8. The van der Waals surface area contributed by atoms with Gasteiger partial charge >= 0.3 is 6.18 Å². The van der Waals surface area contributed by atoms with Gasteiger partial charge in [-0.05, 0) is 43.2 Å². The van der Waals surface area contributed by atoms with Crippen molar-refractivity contribution in [2.75, 3.05) is 11.9 Å². The van der Waals surface area contributed by atoms with Crippen LogP contribution < -0.4 is 5.32 Å². The van der Waals surface area contributed by atoms with E-state index in [9.17, 15) is 18.0 Å². The Morgan fingerprint density at radius 2 is 2.06 bits per heavy atom. The zero-order valence-electron chi connectivity index (χ0n) is 17.4. The molecule has 1 saturated carbocycles. The van der Waals surface area contributed by atoms with E-state index >= 15 is 0 Å². The molecule has 2 fully saturated rings. The number of rotatable bonds is 2. The van der Waals surface area contributed by atoms with E-state index in [-0.39, 0.29) is 29.9 Å². The summed E-state index contributed by atoms with van der Waals surface area (Å²) in [6.07, 6.45) is 1.96. The van der Waals surface area contributed by atoms with E-state index in [0.29, 0.717) is 24.1 Å². The molecule has 6 nitrogen and oxygen atoms in total. The van der Waals surface area contributed by atoms with Crippen LogP contribution in [-0.2, 0) is 0 Å². The highest BCUT2D eigenvalue weighted by Gasteiger charge is 2.48. The molecule has 0 spiro atoms. The lowest BCUT2D eigenvalue weighted by Crippen LogP contribution is -2.52. The zero-order valence-corrected chi connectivity index (χ0v) is 17.4. The van der Waals surface area contributed by atoms with Gasteiger partial charge < -0.3 is 14.6 Å². The van der Waals surface area contributed by atoms with Gasteiger partial charge in [0.25, 0.3) is 5.91 Å². The molecule has 2 aromatic rings. The Kier molecular flexibility index (Phi) is 5.01. The molecule has 0 aromatic carbocycles. The van der Waals surface area contributed by atoms with E-state index in [2.05, 4.69) is 17.3 Å². The largest absolute Gasteiger partial charge is 0.467 e. The van der Waals surface area contributed by atoms with Crippen molar-refractivity contribution in [2.45, 2.75) is 69.8 Å². The highest BCUT2D eigenvalue weighted by atomic mass is 19.4. The Bertz CT molecular complexity index is 939. The van der Waals surface area contributed by atoms with Gasteiger partial charge in [-0.25, -0.2) is 4.68 Å². The molecule has 1 aliphatic carbocycles. The van der Waals surface area contributed by atoms with Gasteiger partial charge in [-0.15, -0.1) is 0 Å². The second kappa shape index (κ2) is 7.60. The van der Waals surface area contributed by atoms with Gasteiger partial charge in [0.15, 0.2) is 11.7 Å². The molecule has 2 aromatic heterocycles. The average molecular weight is 436 g/mol. The van der Waals surface area contributed by atoms with E-state index in [1.165, 1.54) is 18.8 Å². The van der Waals surface area contributed by atoms with E-state index in [1.54, 1.807) is 12.1 Å². The lowest BCUT2D eigenvalue weighted by Gasteiger charge is -2.47. The fraction of sp³-hybridized carbons (Fsp3) is 0.636. The number of hydrogen-bond donors (Lipinski definition) is 1. The Labute approximate surface area is 178 Å². The minimum atomic E-state index is -4.48. The maximum atomic E-state index is 13.8. The minimum Gasteiger partial charge on any atom is -0.467 e. The highest BCUT2D eigenvalue weighted by Crippen LogP contribution is 2.44. The monoisotopic (exact) mass is 436 g/mol. The van der Waals surface area contributed by atoms with Gasteiger partial charge in [-0.1, -0.05) is 19.8 Å². The molecule has 4 heterocycles. The number of nitrogens with one attached hydrogen (secondary N) is 1. The third kappa shape index (κ3) is 3.61. The third-order valence-electron chi connectivity index (χ3n) is 7.29. The summed E-state index contributed by atoms with van der Waals surface area (Å²) in [6.45, 7) is 2.88. The summed E-state index contributed by atoms with van der Waals surface area (Å²) in [6, 6.07) is 2.48. The molecule has 31 heavy (non-hydrogen) atoms. The summed E-state index contributed by atoms with van der Waals surface area (Å²) in [5.41, 5.74) is 0.0794. The number of nitrogens with zero attached hydrogens (tertiary/aromatic N) is 3. The van der Waals surface area contributed by atoms with Gasteiger partial charge in [0, 0.05) is 25.1 Å². The highest BCUT2D eigenvalue weighted by molar-refractivity contribution is 5.93. The van der Waals surface area contributed by atoms with Crippen molar-refractivity contribution in [1.82, 2.24) is 14.7 Å². The predicted molar refractivity (Wildman–Crippen MR) is 108 cm³/mol. The number of anilines is 1. The Morgan fingerprint density at radius 3 is 2.81 bits per heavy atom. The minimum absolute atomic E-state index is 0.0794. The molecule has 168 valence electrons. The summed E-state index contributed by atoms with van der Waals surface area (Å²) in [5.74, 6) is 1.40. The van der Waals surface area contributed by atoms with E-state index in [1.807, 2.05) is 4.90 Å². The average Bonchev–Trinajstić information content (AvgIpc) is 3.42. The molecule has 2 aliphatic heterocycles. The quantitative estimate of drug-likeness (QED) is 0.705. The number of halogens is 3. The number of likely N-dealkylation sites (tertiary alicyclic amines) is 1. The number of hydrogen-bond acceptors (Lipinski definition) is 4. The van der Waals surface area contributed by atoms with Crippen molar-refractivity contribution in [3.63, 3.8) is 0 Å². The fourth-order valence-electron chi connectivity index (χ4n) is 5.67. The molecule has 0 bridgehead atoms. The van der Waals surface area contributed by atoms with Crippen LogP contribution in [0.4, 0.5) is 19.0 Å². The lowest BCUT2D eigenvalue weighted by atomic mass is 9.72. The van der Waals surface area contributed by atoms with Crippen LogP contribution in [0, 0.1) is 11.8 Å². The number of aromatic nitrogens is 2. The molecule has 3 aliphatic rings. The second-order valence-corrected chi connectivity index (χ2v) is 9.15. The zero-order chi connectivity index (χ0) is 21.8. The smallest absolute Gasteiger partial charge is 0.410 e. The van der Waals surface area contributed by atoms with Crippen molar-refractivity contribution in [3.8, 4) is 0 Å². The Morgan fingerprint density at radius 1 is 1.26 bits per heavy atom. The van der Waals surface area contributed by atoms with Crippen LogP contribution in [0.3, 0.4) is 0 Å². The van der Waals surface area contributed by atoms with Gasteiger partial charge in [0.1, 0.15) is 11.6 Å². The molecule has 1 amide bonds. The number of carbonyl (C=O) groups is 1. The standard InChI is InChI=1S/C22H27F3N4O2/c1-13-8-9-28(17-6-3-2-5-14(13)17)21(30)16-12-20-26-15(18-7-4-10-31-18)11-19(22(23,24)25)29(20)27-16/h4,7,10,12-15,17,19,26H,2-3,5-6,8-9,11H2,1H3/t13-,14+,15-,17+,19+/m1/s1. The van der Waals surface area contributed by atoms with Gasteiger partial charge in [-0.2, -0.15) is 18.3 Å². The molecule has 1 N–H and O–H groups in total. The van der Waals surface area contributed by atoms with E-state index < -0.39 is 18.3 Å². The molecule has 5 rings (SSSR count). The maximum Gasteiger partial charge on any atom is 0.410 e. The van der Waals surface area contributed by atoms with Crippen LogP contribution in [0.15, 0.2) is 28.9 Å². The number of alkyl halides is 3. The lowest BCUT2D eigenvalue weighted by molar-refractivity contribution is -0.174. The maximum absolute atomic E-state index is 13.8. The summed E-state index contributed by atoms with van der Waals surface area (Å²) >= 11 is 0. The second-order valence-electron chi connectivity index (χ2n) is 9.15. The van der Waals surface area contributed by atoms with Crippen molar-refractivity contribution >= 4 is 11.7 Å². The SMILES string of the molecule is C[C@@H]1CCN(C(=O)c2cc3n(n2)[C@H](C(F)(F)F)C[C@H](c2ccco2)N3)[C@H]2CCCC[C@@H]12. The number of furan rings is 1. The topological polar surface area (TPSA) is 63.3 Å². The summed E-state index contributed by atoms with van der Waals surface area (Å²) in [4.78, 5) is 15.2. The van der Waals surface area contributed by atoms with E-state index in [0.717, 1.165) is 30.4 Å². The number of piperidine rings is 1. The molecule has 0 radical (unpaired) electrons. The van der Waals surface area contributed by atoms with Crippen molar-refractivity contribution < 1.29 is 22.4 Å². The van der Waals surface area contributed by atoms with Crippen molar-refractivity contribution in [1.29, 1.82) is 0 Å². The first-order valence-corrected chi connectivity index (χ1v) is 11.1. The van der Waals surface area contributed by atoms with E-state index in [4.69, 9.17) is 4.42 Å². The number of fused-ring (bicyclic) bond motifs is 2. The molecule has 5 atom stereocenters. The van der Waals surface area contributed by atoms with Gasteiger partial charge in [0.2, 0.25) is 0 Å².